The van der Waals surface area contributed by atoms with Gasteiger partial charge in [-0.3, -0.25) is 0 Å². The summed E-state index contributed by atoms with van der Waals surface area (Å²) in [5.74, 6) is -3.12. The maximum Gasteiger partial charge on any atom is 0.328 e. The normalized spacial score (nSPS) is 10.1. The number of hydrogen-bond donors (Lipinski definition) is 6. The van der Waals surface area contributed by atoms with E-state index in [4.69, 9.17) is 30.6 Å². The number of carboxylic acid groups (broad SMARTS) is 2. The first kappa shape index (κ1) is 23.6. The Kier molecular flexibility index (Phi) is 9.82. The maximum absolute atomic E-state index is 10.1. The summed E-state index contributed by atoms with van der Waals surface area (Å²) in [6, 6.07) is 8.11. The van der Waals surface area contributed by atoms with Crippen LogP contribution in [0.4, 0.5) is 0 Å². The quantitative estimate of drug-likeness (QED) is 0.253. The Morgan fingerprint density at radius 3 is 1.22 bits per heavy atom. The SMILES string of the molecule is O=C(O)/C=C/c1ccc(O)c(O)c1.O=C(O)/C=C/c1ccc(O)c(O)c1.[Mn]. The molecule has 0 unspecified atom stereocenters. The molecule has 0 spiro atoms. The first-order chi connectivity index (χ1) is 12.2. The van der Waals surface area contributed by atoms with E-state index in [1.807, 2.05) is 0 Å². The summed E-state index contributed by atoms with van der Waals surface area (Å²) in [7, 11) is 0. The summed E-state index contributed by atoms with van der Waals surface area (Å²) in [6.07, 6.45) is 4.54. The van der Waals surface area contributed by atoms with Gasteiger partial charge in [0, 0.05) is 29.2 Å². The zero-order valence-corrected chi connectivity index (χ0v) is 14.8. The molecule has 27 heavy (non-hydrogen) atoms. The van der Waals surface area contributed by atoms with Crippen LogP contribution in [0.25, 0.3) is 12.2 Å². The maximum atomic E-state index is 10.1. The molecule has 0 heterocycles. The van der Waals surface area contributed by atoms with Crippen LogP contribution in [0, 0.1) is 0 Å². The average molecular weight is 415 g/mol. The number of benzene rings is 2. The molecule has 9 heteroatoms. The van der Waals surface area contributed by atoms with Crippen LogP contribution in [0.5, 0.6) is 23.0 Å². The van der Waals surface area contributed by atoms with E-state index < -0.39 is 11.9 Å². The minimum absolute atomic E-state index is 0. The first-order valence-corrected chi connectivity index (χ1v) is 7.05. The number of aliphatic carboxylic acids is 2. The Bertz CT molecular complexity index is 787. The van der Waals surface area contributed by atoms with Gasteiger partial charge in [-0.2, -0.15) is 0 Å². The second kappa shape index (κ2) is 11.2. The third-order valence-electron chi connectivity index (χ3n) is 2.84. The van der Waals surface area contributed by atoms with E-state index in [1.54, 1.807) is 0 Å². The molecule has 0 atom stereocenters. The van der Waals surface area contributed by atoms with Crippen molar-refractivity contribution in [3.05, 3.63) is 59.7 Å². The number of hydrogen-bond acceptors (Lipinski definition) is 6. The van der Waals surface area contributed by atoms with Gasteiger partial charge in [-0.25, -0.2) is 9.59 Å². The predicted octanol–water partition coefficient (Wildman–Crippen LogP) is 2.39. The van der Waals surface area contributed by atoms with Crippen molar-refractivity contribution in [2.24, 2.45) is 0 Å². The van der Waals surface area contributed by atoms with E-state index in [0.29, 0.717) is 11.1 Å². The van der Waals surface area contributed by atoms with E-state index in [0.717, 1.165) is 12.2 Å². The first-order valence-electron chi connectivity index (χ1n) is 7.05. The van der Waals surface area contributed by atoms with E-state index in [-0.39, 0.29) is 40.1 Å². The summed E-state index contributed by atoms with van der Waals surface area (Å²) >= 11 is 0. The Balaban J connectivity index is 0.000000483. The summed E-state index contributed by atoms with van der Waals surface area (Å²) in [6.45, 7) is 0. The van der Waals surface area contributed by atoms with Gasteiger partial charge in [-0.05, 0) is 47.5 Å². The minimum atomic E-state index is -1.06. The molecule has 1 radical (unpaired) electrons. The molecule has 0 bridgehead atoms. The number of aromatic hydroxyl groups is 4. The van der Waals surface area contributed by atoms with Gasteiger partial charge >= 0.3 is 11.9 Å². The van der Waals surface area contributed by atoms with Crippen molar-refractivity contribution in [2.75, 3.05) is 0 Å². The fraction of sp³-hybridized carbons (Fsp3) is 0. The molecule has 0 aliphatic rings. The Labute approximate surface area is 164 Å². The largest absolute Gasteiger partial charge is 0.504 e. The molecule has 2 aromatic rings. The molecule has 0 saturated heterocycles. The predicted molar refractivity (Wildman–Crippen MR) is 92.9 cm³/mol. The van der Waals surface area contributed by atoms with E-state index in [1.165, 1.54) is 48.6 Å². The molecule has 0 amide bonds. The molecule has 6 N–H and O–H groups in total. The van der Waals surface area contributed by atoms with E-state index in [9.17, 15) is 9.59 Å². The third kappa shape index (κ3) is 9.01. The van der Waals surface area contributed by atoms with Crippen LogP contribution in [0.2, 0.25) is 0 Å². The fourth-order valence-corrected chi connectivity index (χ4v) is 1.62. The Morgan fingerprint density at radius 2 is 0.963 bits per heavy atom. The van der Waals surface area contributed by atoms with Crippen molar-refractivity contribution in [1.82, 2.24) is 0 Å². The Hall–Kier alpha value is -3.42. The zero-order valence-electron chi connectivity index (χ0n) is 13.7. The van der Waals surface area contributed by atoms with Crippen LogP contribution in [-0.4, -0.2) is 42.6 Å². The molecule has 8 nitrogen and oxygen atoms in total. The van der Waals surface area contributed by atoms with Crippen LogP contribution in [0.1, 0.15) is 11.1 Å². The van der Waals surface area contributed by atoms with Crippen molar-refractivity contribution in [2.45, 2.75) is 0 Å². The summed E-state index contributed by atoms with van der Waals surface area (Å²) < 4.78 is 0. The number of phenols is 4. The van der Waals surface area contributed by atoms with Crippen LogP contribution >= 0.6 is 0 Å². The summed E-state index contributed by atoms with van der Waals surface area (Å²) in [4.78, 5) is 20.3. The Morgan fingerprint density at radius 1 is 0.630 bits per heavy atom. The van der Waals surface area contributed by atoms with Crippen molar-refractivity contribution >= 4 is 24.1 Å². The standard InChI is InChI=1S/2C9H8O4.Mn/c2*10-7-3-1-6(5-8(7)11)2-4-9(12)13;/h2*1-5,10-11H,(H,12,13);/b2*4-2+;. The molecule has 2 rings (SSSR count). The molecule has 0 saturated carbocycles. The third-order valence-corrected chi connectivity index (χ3v) is 2.84. The molecule has 143 valence electrons. The van der Waals surface area contributed by atoms with Crippen molar-refractivity contribution in [3.63, 3.8) is 0 Å². The molecule has 2 aromatic carbocycles. The number of carbonyl (C=O) groups is 2. The van der Waals surface area contributed by atoms with Gasteiger partial charge in [-0.1, -0.05) is 12.1 Å². The molecular formula is C18H16MnO8. The summed E-state index contributed by atoms with van der Waals surface area (Å²) in [5.41, 5.74) is 1.02. The molecule has 0 aliphatic heterocycles. The topological polar surface area (TPSA) is 156 Å². The molecule has 0 aliphatic carbocycles. The van der Waals surface area contributed by atoms with Gasteiger partial charge in [0.05, 0.1) is 0 Å². The summed E-state index contributed by atoms with van der Waals surface area (Å²) in [5, 5.41) is 52.5. The van der Waals surface area contributed by atoms with Crippen LogP contribution in [0.3, 0.4) is 0 Å². The van der Waals surface area contributed by atoms with Gasteiger partial charge in [-0.15, -0.1) is 0 Å². The average Bonchev–Trinajstić information content (AvgIpc) is 2.57. The smallest absolute Gasteiger partial charge is 0.328 e. The van der Waals surface area contributed by atoms with Crippen LogP contribution in [-0.2, 0) is 26.7 Å². The molecule has 0 aromatic heterocycles. The van der Waals surface area contributed by atoms with E-state index in [2.05, 4.69) is 0 Å². The second-order valence-corrected chi connectivity index (χ2v) is 4.84. The zero-order chi connectivity index (χ0) is 19.7. The van der Waals surface area contributed by atoms with Crippen LogP contribution < -0.4 is 0 Å². The van der Waals surface area contributed by atoms with Crippen molar-refractivity contribution in [1.29, 1.82) is 0 Å². The number of rotatable bonds is 4. The second-order valence-electron chi connectivity index (χ2n) is 4.84. The number of carboxylic acids is 2. The molecule has 0 fully saturated rings. The van der Waals surface area contributed by atoms with Gasteiger partial charge in [0.25, 0.3) is 0 Å². The monoisotopic (exact) mass is 415 g/mol. The van der Waals surface area contributed by atoms with Gasteiger partial charge in [0.2, 0.25) is 0 Å². The van der Waals surface area contributed by atoms with Gasteiger partial charge < -0.3 is 30.6 Å². The molecular weight excluding hydrogens is 399 g/mol. The number of phenolic OH excluding ortho intramolecular Hbond substituents is 4. The van der Waals surface area contributed by atoms with Gasteiger partial charge in [0.1, 0.15) is 0 Å². The van der Waals surface area contributed by atoms with Crippen molar-refractivity contribution < 1.29 is 57.3 Å². The van der Waals surface area contributed by atoms with Gasteiger partial charge in [0.15, 0.2) is 23.0 Å². The van der Waals surface area contributed by atoms with Crippen molar-refractivity contribution in [3.8, 4) is 23.0 Å². The van der Waals surface area contributed by atoms with Crippen LogP contribution in [0.15, 0.2) is 48.6 Å². The van der Waals surface area contributed by atoms with E-state index >= 15 is 0 Å². The fourth-order valence-electron chi connectivity index (χ4n) is 1.62. The minimum Gasteiger partial charge on any atom is -0.504 e.